The Labute approximate surface area is 151 Å². The summed E-state index contributed by atoms with van der Waals surface area (Å²) in [6.07, 6.45) is 0. The Morgan fingerprint density at radius 1 is 1.00 bits per heavy atom. The first kappa shape index (κ1) is 17.4. The molecule has 0 aliphatic heterocycles. The SMILES string of the molecule is Cc1cccc(C(=O)NCc2ccccc2-c2cccc(C(=O)O)c2)n1. The van der Waals surface area contributed by atoms with E-state index in [4.69, 9.17) is 0 Å². The summed E-state index contributed by atoms with van der Waals surface area (Å²) in [6.45, 7) is 2.16. The number of benzene rings is 2. The number of hydrogen-bond donors (Lipinski definition) is 2. The molecule has 2 aromatic carbocycles. The molecule has 0 fully saturated rings. The number of carboxylic acids is 1. The Kier molecular flexibility index (Phi) is 5.08. The maximum absolute atomic E-state index is 12.3. The first-order chi connectivity index (χ1) is 12.5. The van der Waals surface area contributed by atoms with Gasteiger partial charge in [-0.25, -0.2) is 9.78 Å². The van der Waals surface area contributed by atoms with Gasteiger partial charge in [-0.2, -0.15) is 0 Å². The molecule has 5 heteroatoms. The molecule has 0 saturated heterocycles. The first-order valence-corrected chi connectivity index (χ1v) is 8.18. The number of nitrogens with zero attached hydrogens (tertiary/aromatic N) is 1. The van der Waals surface area contributed by atoms with Crippen LogP contribution in [0.1, 0.15) is 32.1 Å². The van der Waals surface area contributed by atoms with Crippen LogP contribution < -0.4 is 5.32 Å². The summed E-state index contributed by atoms with van der Waals surface area (Å²) < 4.78 is 0. The number of aromatic nitrogens is 1. The minimum Gasteiger partial charge on any atom is -0.478 e. The van der Waals surface area contributed by atoms with Crippen molar-refractivity contribution in [2.24, 2.45) is 0 Å². The molecular weight excluding hydrogens is 328 g/mol. The van der Waals surface area contributed by atoms with Crippen LogP contribution in [0.25, 0.3) is 11.1 Å². The summed E-state index contributed by atoms with van der Waals surface area (Å²) in [5.74, 6) is -1.22. The Morgan fingerprint density at radius 2 is 1.77 bits per heavy atom. The van der Waals surface area contributed by atoms with Gasteiger partial charge in [-0.15, -0.1) is 0 Å². The number of hydrogen-bond acceptors (Lipinski definition) is 3. The van der Waals surface area contributed by atoms with E-state index in [2.05, 4.69) is 10.3 Å². The second kappa shape index (κ2) is 7.61. The van der Waals surface area contributed by atoms with Crippen molar-refractivity contribution in [1.82, 2.24) is 10.3 Å². The first-order valence-electron chi connectivity index (χ1n) is 8.18. The molecule has 0 aliphatic carbocycles. The summed E-state index contributed by atoms with van der Waals surface area (Å²) in [5, 5.41) is 12.1. The number of rotatable bonds is 5. The van der Waals surface area contributed by atoms with Gasteiger partial charge in [-0.05, 0) is 47.9 Å². The molecule has 0 unspecified atom stereocenters. The molecule has 3 aromatic rings. The van der Waals surface area contributed by atoms with Gasteiger partial charge in [0.25, 0.3) is 5.91 Å². The van der Waals surface area contributed by atoms with Gasteiger partial charge in [0.15, 0.2) is 0 Å². The van der Waals surface area contributed by atoms with Crippen molar-refractivity contribution in [2.45, 2.75) is 13.5 Å². The van der Waals surface area contributed by atoms with Gasteiger partial charge in [-0.3, -0.25) is 4.79 Å². The minimum absolute atomic E-state index is 0.227. The number of carboxylic acid groups (broad SMARTS) is 1. The molecule has 0 radical (unpaired) electrons. The van der Waals surface area contributed by atoms with Crippen molar-refractivity contribution in [3.8, 4) is 11.1 Å². The quantitative estimate of drug-likeness (QED) is 0.738. The van der Waals surface area contributed by atoms with Crippen LogP contribution in [0, 0.1) is 6.92 Å². The lowest BCUT2D eigenvalue weighted by Gasteiger charge is -2.11. The van der Waals surface area contributed by atoms with Crippen LogP contribution >= 0.6 is 0 Å². The number of nitrogens with one attached hydrogen (secondary N) is 1. The third kappa shape index (κ3) is 3.95. The Morgan fingerprint density at radius 3 is 2.54 bits per heavy atom. The largest absolute Gasteiger partial charge is 0.478 e. The number of pyridine rings is 1. The molecule has 1 aromatic heterocycles. The standard InChI is InChI=1S/C21H18N2O3/c1-14-6-4-11-19(23-14)20(24)22-13-17-7-2-3-10-18(17)15-8-5-9-16(12-15)21(25)26/h2-12H,13H2,1H3,(H,22,24)(H,25,26). The minimum atomic E-state index is -0.969. The topological polar surface area (TPSA) is 79.3 Å². The third-order valence-electron chi connectivity index (χ3n) is 4.00. The van der Waals surface area contributed by atoms with E-state index in [0.29, 0.717) is 12.2 Å². The van der Waals surface area contributed by atoms with E-state index in [1.165, 1.54) is 0 Å². The summed E-state index contributed by atoms with van der Waals surface area (Å²) in [4.78, 5) is 27.7. The lowest BCUT2D eigenvalue weighted by molar-refractivity contribution is 0.0696. The number of amides is 1. The Bertz CT molecular complexity index is 967. The van der Waals surface area contributed by atoms with Gasteiger partial charge in [0.1, 0.15) is 5.69 Å². The van der Waals surface area contributed by atoms with Crippen molar-refractivity contribution in [2.75, 3.05) is 0 Å². The summed E-state index contributed by atoms with van der Waals surface area (Å²) in [7, 11) is 0. The number of aryl methyl sites for hydroxylation is 1. The molecular formula is C21H18N2O3. The predicted molar refractivity (Wildman–Crippen MR) is 99.0 cm³/mol. The fourth-order valence-corrected chi connectivity index (χ4v) is 2.71. The normalized spacial score (nSPS) is 10.3. The van der Waals surface area contributed by atoms with Gasteiger partial charge in [0, 0.05) is 12.2 Å². The predicted octanol–water partition coefficient (Wildman–Crippen LogP) is 3.69. The fraction of sp³-hybridized carbons (Fsp3) is 0.0952. The van der Waals surface area contributed by atoms with Crippen LogP contribution in [0.4, 0.5) is 0 Å². The highest BCUT2D eigenvalue weighted by molar-refractivity contribution is 5.92. The maximum Gasteiger partial charge on any atom is 0.335 e. The van der Waals surface area contributed by atoms with Gasteiger partial charge in [0.2, 0.25) is 0 Å². The second-order valence-corrected chi connectivity index (χ2v) is 5.89. The highest BCUT2D eigenvalue weighted by atomic mass is 16.4. The van der Waals surface area contributed by atoms with Crippen LogP contribution in [0.3, 0.4) is 0 Å². The smallest absolute Gasteiger partial charge is 0.335 e. The third-order valence-corrected chi connectivity index (χ3v) is 4.00. The fourth-order valence-electron chi connectivity index (χ4n) is 2.71. The van der Waals surface area contributed by atoms with E-state index >= 15 is 0 Å². The van der Waals surface area contributed by atoms with Crippen LogP contribution in [-0.2, 0) is 6.54 Å². The Balaban J connectivity index is 1.83. The molecule has 0 spiro atoms. The van der Waals surface area contributed by atoms with Crippen LogP contribution in [0.2, 0.25) is 0 Å². The van der Waals surface area contributed by atoms with Crippen LogP contribution in [-0.4, -0.2) is 22.0 Å². The molecule has 26 heavy (non-hydrogen) atoms. The molecule has 5 nitrogen and oxygen atoms in total. The highest BCUT2D eigenvalue weighted by Gasteiger charge is 2.11. The molecule has 3 rings (SSSR count). The molecule has 0 bridgehead atoms. The molecule has 0 saturated carbocycles. The molecule has 2 N–H and O–H groups in total. The van der Waals surface area contributed by atoms with Gasteiger partial charge in [-0.1, -0.05) is 42.5 Å². The second-order valence-electron chi connectivity index (χ2n) is 5.89. The van der Waals surface area contributed by atoms with Crippen molar-refractivity contribution in [1.29, 1.82) is 0 Å². The van der Waals surface area contributed by atoms with E-state index < -0.39 is 5.97 Å². The molecule has 1 amide bonds. The summed E-state index contributed by atoms with van der Waals surface area (Å²) in [6, 6.07) is 19.6. The zero-order valence-electron chi connectivity index (χ0n) is 14.3. The average Bonchev–Trinajstić information content (AvgIpc) is 2.66. The average molecular weight is 346 g/mol. The molecule has 130 valence electrons. The Hall–Kier alpha value is -3.47. The van der Waals surface area contributed by atoms with Gasteiger partial charge < -0.3 is 10.4 Å². The number of aromatic carboxylic acids is 1. The van der Waals surface area contributed by atoms with E-state index in [1.54, 1.807) is 30.3 Å². The van der Waals surface area contributed by atoms with Gasteiger partial charge in [0.05, 0.1) is 5.56 Å². The lowest BCUT2D eigenvalue weighted by atomic mass is 9.98. The van der Waals surface area contributed by atoms with Crippen LogP contribution in [0.5, 0.6) is 0 Å². The van der Waals surface area contributed by atoms with Gasteiger partial charge >= 0.3 is 5.97 Å². The summed E-state index contributed by atoms with van der Waals surface area (Å²) >= 11 is 0. The van der Waals surface area contributed by atoms with E-state index in [9.17, 15) is 14.7 Å². The van der Waals surface area contributed by atoms with E-state index in [1.807, 2.05) is 43.3 Å². The maximum atomic E-state index is 12.3. The zero-order valence-corrected chi connectivity index (χ0v) is 14.3. The monoisotopic (exact) mass is 346 g/mol. The lowest BCUT2D eigenvalue weighted by Crippen LogP contribution is -2.24. The number of carbonyl (C=O) groups excluding carboxylic acids is 1. The highest BCUT2D eigenvalue weighted by Crippen LogP contribution is 2.24. The van der Waals surface area contributed by atoms with Crippen LogP contribution in [0.15, 0.2) is 66.7 Å². The van der Waals surface area contributed by atoms with E-state index in [0.717, 1.165) is 22.4 Å². The molecule has 0 aliphatic rings. The summed E-state index contributed by atoms with van der Waals surface area (Å²) in [5.41, 5.74) is 3.96. The molecule has 1 heterocycles. The molecule has 0 atom stereocenters. The van der Waals surface area contributed by atoms with Crippen molar-refractivity contribution in [3.05, 3.63) is 89.2 Å². The van der Waals surface area contributed by atoms with Crippen molar-refractivity contribution < 1.29 is 14.7 Å². The zero-order chi connectivity index (χ0) is 18.5. The van der Waals surface area contributed by atoms with Crippen molar-refractivity contribution in [3.63, 3.8) is 0 Å². The van der Waals surface area contributed by atoms with E-state index in [-0.39, 0.29) is 11.5 Å². The van der Waals surface area contributed by atoms with Crippen molar-refractivity contribution >= 4 is 11.9 Å². The number of carbonyl (C=O) groups is 2.